The minimum atomic E-state index is -3.61. The van der Waals surface area contributed by atoms with E-state index in [9.17, 15) is 13.2 Å². The van der Waals surface area contributed by atoms with Crippen LogP contribution in [0.4, 0.5) is 5.69 Å². The number of sulfonamides is 1. The molecule has 0 amide bonds. The summed E-state index contributed by atoms with van der Waals surface area (Å²) < 4.78 is 30.9. The second-order valence-corrected chi connectivity index (χ2v) is 6.86. The third kappa shape index (κ3) is 5.35. The number of nitrogens with two attached hydrogens (primary N) is 1. The SMILES string of the molecule is CCOC(=O)CN(C(C)C)S(=O)(=O)Cc1ccc(N)cc1. The van der Waals surface area contributed by atoms with Crippen LogP contribution in [0.25, 0.3) is 0 Å². The second-order valence-electron chi connectivity index (χ2n) is 4.94. The summed E-state index contributed by atoms with van der Waals surface area (Å²) in [6.45, 7) is 5.07. The molecule has 2 N–H and O–H groups in total. The van der Waals surface area contributed by atoms with Crippen molar-refractivity contribution in [3.8, 4) is 0 Å². The Balaban J connectivity index is 2.89. The van der Waals surface area contributed by atoms with Gasteiger partial charge >= 0.3 is 5.97 Å². The van der Waals surface area contributed by atoms with Gasteiger partial charge in [-0.3, -0.25) is 4.79 Å². The van der Waals surface area contributed by atoms with Crippen molar-refractivity contribution in [2.75, 3.05) is 18.9 Å². The van der Waals surface area contributed by atoms with Crippen molar-refractivity contribution in [3.63, 3.8) is 0 Å². The fourth-order valence-corrected chi connectivity index (χ4v) is 3.57. The van der Waals surface area contributed by atoms with Crippen LogP contribution in [0, 0.1) is 0 Å². The van der Waals surface area contributed by atoms with E-state index in [2.05, 4.69) is 0 Å². The smallest absolute Gasteiger partial charge is 0.321 e. The lowest BCUT2D eigenvalue weighted by Crippen LogP contribution is -2.41. The molecule has 7 heteroatoms. The fourth-order valence-electron chi connectivity index (χ4n) is 1.84. The molecule has 0 unspecified atom stereocenters. The second kappa shape index (κ2) is 7.42. The van der Waals surface area contributed by atoms with Crippen LogP contribution in [-0.4, -0.2) is 37.9 Å². The molecule has 0 aliphatic heterocycles. The molecule has 0 atom stereocenters. The number of carbonyl (C=O) groups excluding carboxylic acids is 1. The maximum atomic E-state index is 12.5. The van der Waals surface area contributed by atoms with Gasteiger partial charge in [-0.05, 0) is 38.5 Å². The molecule has 0 heterocycles. The minimum Gasteiger partial charge on any atom is -0.465 e. The number of nitrogens with zero attached hydrogens (tertiary/aromatic N) is 1. The lowest BCUT2D eigenvalue weighted by Gasteiger charge is -2.25. The van der Waals surface area contributed by atoms with Gasteiger partial charge in [-0.15, -0.1) is 0 Å². The number of hydrogen-bond donors (Lipinski definition) is 1. The molecule has 0 aliphatic carbocycles. The zero-order valence-electron chi connectivity index (χ0n) is 12.6. The minimum absolute atomic E-state index is 0.176. The molecule has 1 aromatic carbocycles. The lowest BCUT2D eigenvalue weighted by atomic mass is 10.2. The van der Waals surface area contributed by atoms with Gasteiger partial charge in [-0.25, -0.2) is 8.42 Å². The maximum Gasteiger partial charge on any atom is 0.321 e. The summed E-state index contributed by atoms with van der Waals surface area (Å²) in [6.07, 6.45) is 0. The Labute approximate surface area is 125 Å². The molecular weight excluding hydrogens is 292 g/mol. The van der Waals surface area contributed by atoms with Crippen LogP contribution in [0.5, 0.6) is 0 Å². The first-order valence-electron chi connectivity index (χ1n) is 6.75. The summed E-state index contributed by atoms with van der Waals surface area (Å²) in [7, 11) is -3.61. The average molecular weight is 314 g/mol. The lowest BCUT2D eigenvalue weighted by molar-refractivity contribution is -0.143. The summed E-state index contributed by atoms with van der Waals surface area (Å²) in [4.78, 5) is 11.6. The van der Waals surface area contributed by atoms with Gasteiger partial charge in [0, 0.05) is 11.7 Å². The summed E-state index contributed by atoms with van der Waals surface area (Å²) in [5.41, 5.74) is 6.77. The van der Waals surface area contributed by atoms with Gasteiger partial charge < -0.3 is 10.5 Å². The molecule has 1 aromatic rings. The van der Waals surface area contributed by atoms with Crippen molar-refractivity contribution in [1.82, 2.24) is 4.31 Å². The van der Waals surface area contributed by atoms with E-state index in [4.69, 9.17) is 10.5 Å². The third-order valence-electron chi connectivity index (χ3n) is 2.85. The highest BCUT2D eigenvalue weighted by Crippen LogP contribution is 2.15. The highest BCUT2D eigenvalue weighted by Gasteiger charge is 2.27. The van der Waals surface area contributed by atoms with Gasteiger partial charge in [0.05, 0.1) is 12.4 Å². The summed E-state index contributed by atoms with van der Waals surface area (Å²) in [5, 5.41) is 0. The molecular formula is C14H22N2O4S. The maximum absolute atomic E-state index is 12.5. The molecule has 0 aliphatic rings. The van der Waals surface area contributed by atoms with E-state index in [0.717, 1.165) is 4.31 Å². The van der Waals surface area contributed by atoms with Crippen molar-refractivity contribution >= 4 is 21.7 Å². The van der Waals surface area contributed by atoms with Crippen molar-refractivity contribution in [2.24, 2.45) is 0 Å². The number of benzene rings is 1. The Morgan fingerprint density at radius 2 is 1.86 bits per heavy atom. The molecule has 0 aromatic heterocycles. The summed E-state index contributed by atoms with van der Waals surface area (Å²) in [5.74, 6) is -0.725. The number of rotatable bonds is 7. The highest BCUT2D eigenvalue weighted by atomic mass is 32.2. The van der Waals surface area contributed by atoms with E-state index in [-0.39, 0.29) is 24.9 Å². The molecule has 21 heavy (non-hydrogen) atoms. The largest absolute Gasteiger partial charge is 0.465 e. The summed E-state index contributed by atoms with van der Waals surface area (Å²) in [6, 6.07) is 6.30. The summed E-state index contributed by atoms with van der Waals surface area (Å²) >= 11 is 0. The topological polar surface area (TPSA) is 89.7 Å². The van der Waals surface area contributed by atoms with E-state index in [1.165, 1.54) is 0 Å². The predicted octanol–water partition coefficient (Wildman–Crippen LogP) is 1.37. The zero-order valence-corrected chi connectivity index (χ0v) is 13.4. The molecule has 0 saturated heterocycles. The van der Waals surface area contributed by atoms with Crippen molar-refractivity contribution in [3.05, 3.63) is 29.8 Å². The van der Waals surface area contributed by atoms with Crippen molar-refractivity contribution < 1.29 is 17.9 Å². The van der Waals surface area contributed by atoms with Gasteiger partial charge in [-0.2, -0.15) is 4.31 Å². The Kier molecular flexibility index (Phi) is 6.17. The predicted molar refractivity (Wildman–Crippen MR) is 82.0 cm³/mol. The standard InChI is InChI=1S/C14H22N2O4S/c1-4-20-14(17)9-16(11(2)3)21(18,19)10-12-5-7-13(15)8-6-12/h5-8,11H,4,9-10,15H2,1-3H3. The third-order valence-corrected chi connectivity index (χ3v) is 4.82. The number of hydrogen-bond acceptors (Lipinski definition) is 5. The van der Waals surface area contributed by atoms with Crippen LogP contribution in [0.2, 0.25) is 0 Å². The highest BCUT2D eigenvalue weighted by molar-refractivity contribution is 7.88. The zero-order chi connectivity index (χ0) is 16.0. The van der Waals surface area contributed by atoms with Gasteiger partial charge in [0.1, 0.15) is 6.54 Å². The van der Waals surface area contributed by atoms with Crippen LogP contribution in [0.1, 0.15) is 26.3 Å². The van der Waals surface area contributed by atoms with Crippen molar-refractivity contribution in [1.29, 1.82) is 0 Å². The molecule has 118 valence electrons. The quantitative estimate of drug-likeness (QED) is 0.606. The first kappa shape index (κ1) is 17.5. The van der Waals surface area contributed by atoms with E-state index in [1.54, 1.807) is 45.0 Å². The molecule has 0 saturated carbocycles. The number of carbonyl (C=O) groups is 1. The number of ether oxygens (including phenoxy) is 1. The Morgan fingerprint density at radius 1 is 1.29 bits per heavy atom. The Bertz CT molecular complexity index is 567. The number of esters is 1. The van der Waals surface area contributed by atoms with Crippen LogP contribution in [0.3, 0.4) is 0 Å². The molecule has 0 spiro atoms. The molecule has 6 nitrogen and oxygen atoms in total. The molecule has 0 bridgehead atoms. The van der Waals surface area contributed by atoms with Gasteiger partial charge in [0.2, 0.25) is 10.0 Å². The fraction of sp³-hybridized carbons (Fsp3) is 0.500. The average Bonchev–Trinajstić information content (AvgIpc) is 2.38. The van der Waals surface area contributed by atoms with Gasteiger partial charge in [-0.1, -0.05) is 12.1 Å². The van der Waals surface area contributed by atoms with Crippen molar-refractivity contribution in [2.45, 2.75) is 32.6 Å². The van der Waals surface area contributed by atoms with Gasteiger partial charge in [0.15, 0.2) is 0 Å². The van der Waals surface area contributed by atoms with Crippen LogP contribution in [-0.2, 0) is 25.3 Å². The van der Waals surface area contributed by atoms with Gasteiger partial charge in [0.25, 0.3) is 0 Å². The first-order chi connectivity index (χ1) is 9.76. The van der Waals surface area contributed by atoms with E-state index < -0.39 is 16.0 Å². The molecule has 1 rings (SSSR count). The van der Waals surface area contributed by atoms with E-state index >= 15 is 0 Å². The van der Waals surface area contributed by atoms with E-state index in [0.29, 0.717) is 11.3 Å². The monoisotopic (exact) mass is 314 g/mol. The van der Waals surface area contributed by atoms with Crippen LogP contribution in [0.15, 0.2) is 24.3 Å². The first-order valence-corrected chi connectivity index (χ1v) is 8.36. The molecule has 0 fully saturated rings. The Hall–Kier alpha value is -1.60. The molecule has 0 radical (unpaired) electrons. The van der Waals surface area contributed by atoms with Crippen LogP contribution < -0.4 is 5.73 Å². The van der Waals surface area contributed by atoms with E-state index in [1.807, 2.05) is 0 Å². The normalized spacial score (nSPS) is 11.9. The van der Waals surface area contributed by atoms with Crippen LogP contribution >= 0.6 is 0 Å². The number of anilines is 1. The Morgan fingerprint density at radius 3 is 2.33 bits per heavy atom. The number of nitrogen functional groups attached to an aromatic ring is 1.